The topological polar surface area (TPSA) is 152 Å². The minimum Gasteiger partial charge on any atom is -0.465 e. The van der Waals surface area contributed by atoms with Crippen LogP contribution in [0.3, 0.4) is 0 Å². The molecule has 2 amide bonds. The predicted molar refractivity (Wildman–Crippen MR) is 598 cm³/mol. The molecule has 0 aromatic carbocycles. The van der Waals surface area contributed by atoms with Crippen molar-refractivity contribution in [2.45, 2.75) is 659 Å². The Bertz CT molecular complexity index is 2580. The number of carbonyl (C=O) groups is 6. The Morgan fingerprint density at radius 3 is 0.705 bits per heavy atom. The van der Waals surface area contributed by atoms with Crippen molar-refractivity contribution in [3.8, 4) is 0 Å². The summed E-state index contributed by atoms with van der Waals surface area (Å²) in [6.45, 7) is 32.3. The molecule has 0 bridgehead atoms. The van der Waals surface area contributed by atoms with Gasteiger partial charge in [0.2, 0.25) is 11.8 Å². The predicted octanol–water partition coefficient (Wildman–Crippen LogP) is 37.2. The Kier molecular flexibility index (Phi) is 99.4. The van der Waals surface area contributed by atoms with Gasteiger partial charge in [0.15, 0.2) is 0 Å². The first-order chi connectivity index (χ1) is 68.1. The summed E-state index contributed by atoms with van der Waals surface area (Å²) < 4.78 is 23.8. The monoisotopic (exact) mass is 1960 g/mol. The molecule has 1 fully saturated rings. The van der Waals surface area contributed by atoms with Crippen molar-refractivity contribution in [2.24, 2.45) is 29.6 Å². The van der Waals surface area contributed by atoms with Gasteiger partial charge in [-0.2, -0.15) is 0 Å². The molecule has 1 heterocycles. The molecule has 139 heavy (non-hydrogen) atoms. The van der Waals surface area contributed by atoms with E-state index in [4.69, 9.17) is 18.9 Å². The Morgan fingerprint density at radius 1 is 0.216 bits per heavy atom. The number of unbranched alkanes of at least 4 members (excludes halogenated alkanes) is 51. The van der Waals surface area contributed by atoms with Gasteiger partial charge in [0.1, 0.15) is 0 Å². The molecule has 1 aliphatic rings. The maximum atomic E-state index is 14.8. The Hall–Kier alpha value is -3.26. The van der Waals surface area contributed by atoms with E-state index in [2.05, 4.69) is 95.9 Å². The second kappa shape index (κ2) is 103. The van der Waals surface area contributed by atoms with Crippen LogP contribution >= 0.6 is 0 Å². The van der Waals surface area contributed by atoms with Crippen molar-refractivity contribution in [1.82, 2.24) is 19.6 Å². The lowest BCUT2D eigenvalue weighted by atomic mass is 9.90. The largest absolute Gasteiger partial charge is 0.465 e. The molecule has 6 atom stereocenters. The van der Waals surface area contributed by atoms with E-state index in [1.807, 2.05) is 0 Å². The molecule has 1 saturated heterocycles. The van der Waals surface area contributed by atoms with Crippen LogP contribution in [0.5, 0.6) is 0 Å². The molecule has 1 rings (SSSR count). The van der Waals surface area contributed by atoms with Crippen molar-refractivity contribution in [3.63, 3.8) is 0 Å². The Morgan fingerprint density at radius 2 is 0.417 bits per heavy atom. The van der Waals surface area contributed by atoms with E-state index in [0.29, 0.717) is 106 Å². The van der Waals surface area contributed by atoms with Gasteiger partial charge in [0, 0.05) is 70.2 Å². The SMILES string of the molecule is CCCCCCCCCCN(C(=O)CCN1CCCC1)C(CCCCCCCCC(=O)OCC(CCCC)CCCCCC)CCCCCCCCC(=O)OCC(CCCCCC)CCCCC(CC)CCCCCCCN(C(=O)CCCCN(C)CCCCCC)C(CCCCCCCCC(=O)OCC(CCCC)CCCCCC)CCCCCCCCC(=O)OCC(CCCC)CCCCCC. The van der Waals surface area contributed by atoms with Crippen molar-refractivity contribution in [2.75, 3.05) is 79.3 Å². The number of hydrogen-bond acceptors (Lipinski definition) is 12. The van der Waals surface area contributed by atoms with E-state index in [1.165, 1.54) is 360 Å². The second-order valence-electron chi connectivity index (χ2n) is 44.9. The summed E-state index contributed by atoms with van der Waals surface area (Å²) in [6, 6.07) is 0.574. The van der Waals surface area contributed by atoms with Gasteiger partial charge in [-0.15, -0.1) is 0 Å². The number of esters is 4. The number of carbonyl (C=O) groups excluding carboxylic acids is 6. The zero-order chi connectivity index (χ0) is 101. The van der Waals surface area contributed by atoms with Crippen LogP contribution in [0.2, 0.25) is 0 Å². The summed E-state index contributed by atoms with van der Waals surface area (Å²) in [6.07, 6.45) is 103. The minimum atomic E-state index is -0.0108. The van der Waals surface area contributed by atoms with E-state index >= 15 is 0 Å². The van der Waals surface area contributed by atoms with Crippen molar-refractivity contribution < 1.29 is 47.7 Å². The maximum absolute atomic E-state index is 14.8. The third-order valence-corrected chi connectivity index (χ3v) is 31.6. The standard InChI is InChI=1S/C125H242N4O10/c1-12-22-31-37-38-47-58-77-107-129(121(131)101-108-127-104-80-81-105-127)119(94-67-52-41-45-56-71-99-124(134)138-111-116(84-30-20-9)89-62-34-25-15-4)95-68-53-42-46-57-72-100-125(135)139-112-117(90-63-35-26-16-5)91-74-73-86-113(21-10)85-64-49-48-59-78-106-128(120(130)96-75-79-103-126(11)102-76-36-27-17-6)118(92-65-50-39-43-54-69-97-122(132)136-109-114(82-28-18-7)87-60-32-23-13-2)93-66-51-40-44-55-70-98-123(133)137-110-115(83-29-19-8)88-61-33-24-14-3/h113-119H,12-112H2,1-11H3. The summed E-state index contributed by atoms with van der Waals surface area (Å²) in [5, 5.41) is 0. The fraction of sp³-hybridized carbons (Fsp3) is 0.952. The van der Waals surface area contributed by atoms with Gasteiger partial charge in [-0.25, -0.2) is 0 Å². The molecule has 0 saturated carbocycles. The van der Waals surface area contributed by atoms with Crippen LogP contribution in [0.4, 0.5) is 0 Å². The van der Waals surface area contributed by atoms with Crippen LogP contribution in [0.1, 0.15) is 647 Å². The lowest BCUT2D eigenvalue weighted by molar-refractivity contribution is -0.146. The maximum Gasteiger partial charge on any atom is 0.305 e. The minimum absolute atomic E-state index is 0.00689. The lowest BCUT2D eigenvalue weighted by Gasteiger charge is -2.33. The molecule has 6 unspecified atom stereocenters. The van der Waals surface area contributed by atoms with Crippen molar-refractivity contribution >= 4 is 35.7 Å². The molecule has 14 nitrogen and oxygen atoms in total. The molecule has 822 valence electrons. The van der Waals surface area contributed by atoms with Crippen LogP contribution in [0.15, 0.2) is 0 Å². The van der Waals surface area contributed by atoms with Gasteiger partial charge in [0.25, 0.3) is 0 Å². The van der Waals surface area contributed by atoms with E-state index in [9.17, 15) is 28.8 Å². The first-order valence-corrected chi connectivity index (χ1v) is 62.8. The van der Waals surface area contributed by atoms with Gasteiger partial charge < -0.3 is 38.5 Å². The van der Waals surface area contributed by atoms with Gasteiger partial charge in [-0.1, -0.05) is 461 Å². The van der Waals surface area contributed by atoms with Crippen LogP contribution in [-0.2, 0) is 47.7 Å². The highest BCUT2D eigenvalue weighted by atomic mass is 16.5. The van der Waals surface area contributed by atoms with E-state index in [-0.39, 0.29) is 29.9 Å². The van der Waals surface area contributed by atoms with Crippen LogP contribution < -0.4 is 0 Å². The summed E-state index contributed by atoms with van der Waals surface area (Å²) >= 11 is 0. The molecular weight excluding hydrogens is 1720 g/mol. The summed E-state index contributed by atoms with van der Waals surface area (Å²) in [4.78, 5) is 91.3. The average Bonchev–Trinajstić information content (AvgIpc) is 1.75. The number of likely N-dealkylation sites (tertiary alicyclic amines) is 1. The van der Waals surface area contributed by atoms with Gasteiger partial charge >= 0.3 is 23.9 Å². The molecule has 1 aliphatic heterocycles. The summed E-state index contributed by atoms with van der Waals surface area (Å²) in [5.41, 5.74) is 0. The fourth-order valence-corrected chi connectivity index (χ4v) is 21.9. The number of amides is 2. The number of hydrogen-bond donors (Lipinski definition) is 0. The van der Waals surface area contributed by atoms with E-state index < -0.39 is 0 Å². The highest BCUT2D eigenvalue weighted by Gasteiger charge is 2.28. The number of ether oxygens (including phenoxy) is 4. The first-order valence-electron chi connectivity index (χ1n) is 62.8. The molecular formula is C125H242N4O10. The molecule has 14 heteroatoms. The first kappa shape index (κ1) is 134. The molecule has 0 aliphatic carbocycles. The smallest absolute Gasteiger partial charge is 0.305 e. The zero-order valence-corrected chi connectivity index (χ0v) is 95.3. The molecule has 0 N–H and O–H groups in total. The normalized spacial score (nSPS) is 14.0. The average molecular weight is 1960 g/mol. The molecule has 0 aromatic rings. The van der Waals surface area contributed by atoms with E-state index in [0.717, 1.165) is 232 Å². The third kappa shape index (κ3) is 85.4. The van der Waals surface area contributed by atoms with Crippen molar-refractivity contribution in [1.29, 1.82) is 0 Å². The van der Waals surface area contributed by atoms with Crippen LogP contribution in [-0.4, -0.2) is 147 Å². The molecule has 0 spiro atoms. The fourth-order valence-electron chi connectivity index (χ4n) is 21.9. The summed E-state index contributed by atoms with van der Waals surface area (Å²) in [7, 11) is 2.26. The highest BCUT2D eigenvalue weighted by molar-refractivity contribution is 5.77. The van der Waals surface area contributed by atoms with Gasteiger partial charge in [0.05, 0.1) is 26.4 Å². The second-order valence-corrected chi connectivity index (χ2v) is 44.9. The van der Waals surface area contributed by atoms with Crippen LogP contribution in [0.25, 0.3) is 0 Å². The van der Waals surface area contributed by atoms with Crippen LogP contribution in [0, 0.1) is 29.6 Å². The Balaban J connectivity index is 2.99. The van der Waals surface area contributed by atoms with Crippen molar-refractivity contribution in [3.05, 3.63) is 0 Å². The zero-order valence-electron chi connectivity index (χ0n) is 95.3. The highest BCUT2D eigenvalue weighted by Crippen LogP contribution is 2.31. The van der Waals surface area contributed by atoms with E-state index in [1.54, 1.807) is 0 Å². The van der Waals surface area contributed by atoms with Gasteiger partial charge in [-0.05, 0) is 210 Å². The molecule has 0 radical (unpaired) electrons. The summed E-state index contributed by atoms with van der Waals surface area (Å²) in [5.74, 6) is 3.44. The Labute approximate surface area is 865 Å². The lowest BCUT2D eigenvalue weighted by Crippen LogP contribution is -2.42. The number of rotatable bonds is 111. The molecule has 0 aromatic heterocycles. The quantitative estimate of drug-likeness (QED) is 0.0324. The third-order valence-electron chi connectivity index (χ3n) is 31.6. The van der Waals surface area contributed by atoms with Gasteiger partial charge in [-0.3, -0.25) is 28.8 Å². The number of nitrogens with zero attached hydrogens (tertiary/aromatic N) is 4.